The number of para-hydroxylation sites is 2. The van der Waals surface area contributed by atoms with Crippen molar-refractivity contribution in [2.24, 2.45) is 0 Å². The normalized spacial score (nSPS) is 10.6. The quantitative estimate of drug-likeness (QED) is 0.537. The molecule has 1 heterocycles. The highest BCUT2D eigenvalue weighted by atomic mass is 32.2. The van der Waals surface area contributed by atoms with E-state index in [4.69, 9.17) is 9.47 Å². The molecule has 0 radical (unpaired) electrons. The van der Waals surface area contributed by atoms with E-state index < -0.39 is 0 Å². The lowest BCUT2D eigenvalue weighted by Crippen LogP contribution is -2.15. The van der Waals surface area contributed by atoms with Crippen LogP contribution in [0.4, 0.5) is 5.69 Å². The molecule has 0 aliphatic heterocycles. The average molecular weight is 413 g/mol. The minimum Gasteiger partial charge on any atom is -0.493 e. The van der Waals surface area contributed by atoms with Gasteiger partial charge in [-0.15, -0.1) is 10.2 Å². The predicted octanol–water partition coefficient (Wildman–Crippen LogP) is 3.92. The van der Waals surface area contributed by atoms with Crippen molar-refractivity contribution in [3.63, 3.8) is 0 Å². The third-order valence-electron chi connectivity index (χ3n) is 4.20. The number of amides is 1. The summed E-state index contributed by atoms with van der Waals surface area (Å²) in [6.45, 7) is 4.96. The summed E-state index contributed by atoms with van der Waals surface area (Å²) in [5, 5.41) is 12.0. The molecule has 0 saturated carbocycles. The molecule has 0 bridgehead atoms. The number of methoxy groups -OCH3 is 1. The summed E-state index contributed by atoms with van der Waals surface area (Å²) in [6, 6.07) is 15.2. The van der Waals surface area contributed by atoms with Gasteiger partial charge < -0.3 is 19.4 Å². The number of thioether (sulfide) groups is 1. The molecule has 7 nitrogen and oxygen atoms in total. The number of aryl methyl sites for hydroxylation is 1. The molecule has 1 amide bonds. The molecule has 1 aromatic heterocycles. The topological polar surface area (TPSA) is 78.3 Å². The second-order valence-electron chi connectivity index (χ2n) is 6.29. The Hall–Kier alpha value is -3.00. The van der Waals surface area contributed by atoms with Crippen LogP contribution in [0.3, 0.4) is 0 Å². The standard InChI is InChI=1S/C21H24N4O3S/c1-4-25-19(13-28-18-8-6-5-7-17(18)27-3)23-24-21(25)29-14-20(26)22-16-11-9-15(2)10-12-16/h5-12H,4,13-14H2,1-3H3,(H,22,26). The highest BCUT2D eigenvalue weighted by Gasteiger charge is 2.14. The Kier molecular flexibility index (Phi) is 7.13. The van der Waals surface area contributed by atoms with Crippen molar-refractivity contribution in [2.75, 3.05) is 18.2 Å². The van der Waals surface area contributed by atoms with E-state index in [9.17, 15) is 4.79 Å². The number of benzene rings is 2. The lowest BCUT2D eigenvalue weighted by atomic mass is 10.2. The van der Waals surface area contributed by atoms with Gasteiger partial charge in [0.05, 0.1) is 12.9 Å². The maximum Gasteiger partial charge on any atom is 0.234 e. The largest absolute Gasteiger partial charge is 0.493 e. The number of nitrogens with one attached hydrogen (secondary N) is 1. The molecule has 1 N–H and O–H groups in total. The Balaban J connectivity index is 1.58. The Morgan fingerprint density at radius 1 is 1.10 bits per heavy atom. The Morgan fingerprint density at radius 2 is 1.83 bits per heavy atom. The summed E-state index contributed by atoms with van der Waals surface area (Å²) in [5.74, 6) is 2.17. The van der Waals surface area contributed by atoms with Crippen molar-refractivity contribution >= 4 is 23.4 Å². The molecule has 29 heavy (non-hydrogen) atoms. The minimum atomic E-state index is -0.0867. The lowest BCUT2D eigenvalue weighted by Gasteiger charge is -2.11. The minimum absolute atomic E-state index is 0.0867. The van der Waals surface area contributed by atoms with Gasteiger partial charge in [-0.25, -0.2) is 0 Å². The molecule has 2 aromatic carbocycles. The molecule has 0 aliphatic rings. The van der Waals surface area contributed by atoms with Crippen LogP contribution in [-0.4, -0.2) is 33.5 Å². The number of ether oxygens (including phenoxy) is 2. The van der Waals surface area contributed by atoms with E-state index in [2.05, 4.69) is 15.5 Å². The number of carbonyl (C=O) groups is 1. The zero-order valence-electron chi connectivity index (χ0n) is 16.7. The van der Waals surface area contributed by atoms with E-state index in [1.165, 1.54) is 11.8 Å². The van der Waals surface area contributed by atoms with Gasteiger partial charge in [0.2, 0.25) is 5.91 Å². The Morgan fingerprint density at radius 3 is 2.52 bits per heavy atom. The van der Waals surface area contributed by atoms with Crippen molar-refractivity contribution in [2.45, 2.75) is 32.2 Å². The summed E-state index contributed by atoms with van der Waals surface area (Å²) >= 11 is 1.35. The van der Waals surface area contributed by atoms with E-state index in [0.717, 1.165) is 11.3 Å². The van der Waals surface area contributed by atoms with Crippen LogP contribution in [0.1, 0.15) is 18.3 Å². The van der Waals surface area contributed by atoms with Gasteiger partial charge in [-0.05, 0) is 38.1 Å². The first kappa shape index (κ1) is 20.7. The number of rotatable bonds is 9. The summed E-state index contributed by atoms with van der Waals surface area (Å²) in [6.07, 6.45) is 0. The second kappa shape index (κ2) is 9.97. The van der Waals surface area contributed by atoms with Crippen molar-refractivity contribution in [3.05, 3.63) is 59.9 Å². The zero-order chi connectivity index (χ0) is 20.6. The number of aromatic nitrogens is 3. The average Bonchev–Trinajstić information content (AvgIpc) is 3.14. The summed E-state index contributed by atoms with van der Waals surface area (Å²) in [5.41, 5.74) is 1.93. The van der Waals surface area contributed by atoms with E-state index in [1.807, 2.05) is 66.9 Å². The number of hydrogen-bond donors (Lipinski definition) is 1. The fourth-order valence-corrected chi connectivity index (χ4v) is 3.52. The summed E-state index contributed by atoms with van der Waals surface area (Å²) in [7, 11) is 1.60. The summed E-state index contributed by atoms with van der Waals surface area (Å²) in [4.78, 5) is 12.2. The lowest BCUT2D eigenvalue weighted by molar-refractivity contribution is -0.113. The van der Waals surface area contributed by atoms with Crippen LogP contribution >= 0.6 is 11.8 Å². The molecular weight excluding hydrogens is 388 g/mol. The molecule has 0 unspecified atom stereocenters. The first-order chi connectivity index (χ1) is 14.1. The molecule has 0 atom stereocenters. The molecule has 0 fully saturated rings. The molecule has 0 spiro atoms. The maximum absolute atomic E-state index is 12.2. The third-order valence-corrected chi connectivity index (χ3v) is 5.17. The highest BCUT2D eigenvalue weighted by Crippen LogP contribution is 2.27. The number of anilines is 1. The van der Waals surface area contributed by atoms with Crippen LogP contribution in [0.15, 0.2) is 53.7 Å². The van der Waals surface area contributed by atoms with Gasteiger partial charge in [-0.3, -0.25) is 4.79 Å². The van der Waals surface area contributed by atoms with Gasteiger partial charge in [-0.2, -0.15) is 0 Å². The number of nitrogens with zero attached hydrogens (tertiary/aromatic N) is 3. The smallest absolute Gasteiger partial charge is 0.234 e. The third kappa shape index (κ3) is 5.51. The molecule has 152 valence electrons. The van der Waals surface area contributed by atoms with E-state index >= 15 is 0 Å². The van der Waals surface area contributed by atoms with E-state index in [-0.39, 0.29) is 18.3 Å². The predicted molar refractivity (Wildman–Crippen MR) is 114 cm³/mol. The van der Waals surface area contributed by atoms with Crippen LogP contribution in [0.25, 0.3) is 0 Å². The van der Waals surface area contributed by atoms with Crippen LogP contribution in [0, 0.1) is 6.92 Å². The molecular formula is C21H24N4O3S. The molecule has 0 aliphatic carbocycles. The van der Waals surface area contributed by atoms with Crippen LogP contribution in [-0.2, 0) is 17.9 Å². The van der Waals surface area contributed by atoms with Crippen molar-refractivity contribution in [1.29, 1.82) is 0 Å². The fourth-order valence-electron chi connectivity index (χ4n) is 2.69. The van der Waals surface area contributed by atoms with Crippen molar-refractivity contribution < 1.29 is 14.3 Å². The number of carbonyl (C=O) groups excluding carboxylic acids is 1. The number of hydrogen-bond acceptors (Lipinski definition) is 6. The maximum atomic E-state index is 12.2. The van der Waals surface area contributed by atoms with Gasteiger partial charge >= 0.3 is 0 Å². The Labute approximate surface area is 174 Å². The first-order valence-electron chi connectivity index (χ1n) is 9.28. The van der Waals surface area contributed by atoms with Gasteiger partial charge in [0, 0.05) is 12.2 Å². The first-order valence-corrected chi connectivity index (χ1v) is 10.3. The molecule has 3 aromatic rings. The van der Waals surface area contributed by atoms with Crippen LogP contribution < -0.4 is 14.8 Å². The SMILES string of the molecule is CCn1c(COc2ccccc2OC)nnc1SCC(=O)Nc1ccc(C)cc1. The van der Waals surface area contributed by atoms with Crippen molar-refractivity contribution in [3.8, 4) is 11.5 Å². The summed E-state index contributed by atoms with van der Waals surface area (Å²) < 4.78 is 13.1. The van der Waals surface area contributed by atoms with Gasteiger partial charge in [-0.1, -0.05) is 41.6 Å². The molecule has 0 saturated heterocycles. The van der Waals surface area contributed by atoms with E-state index in [0.29, 0.717) is 29.0 Å². The van der Waals surface area contributed by atoms with Gasteiger partial charge in [0.1, 0.15) is 6.61 Å². The monoisotopic (exact) mass is 412 g/mol. The van der Waals surface area contributed by atoms with E-state index in [1.54, 1.807) is 7.11 Å². The van der Waals surface area contributed by atoms with Gasteiger partial charge in [0.15, 0.2) is 22.5 Å². The molecule has 3 rings (SSSR count). The second-order valence-corrected chi connectivity index (χ2v) is 7.23. The highest BCUT2D eigenvalue weighted by molar-refractivity contribution is 7.99. The zero-order valence-corrected chi connectivity index (χ0v) is 17.5. The van der Waals surface area contributed by atoms with Crippen molar-refractivity contribution in [1.82, 2.24) is 14.8 Å². The Bertz CT molecular complexity index is 957. The fraction of sp³-hybridized carbons (Fsp3) is 0.286. The molecule has 8 heteroatoms. The van der Waals surface area contributed by atoms with Crippen LogP contribution in [0.5, 0.6) is 11.5 Å². The van der Waals surface area contributed by atoms with Gasteiger partial charge in [0.25, 0.3) is 0 Å². The van der Waals surface area contributed by atoms with Crippen LogP contribution in [0.2, 0.25) is 0 Å².